The van der Waals surface area contributed by atoms with Crippen LogP contribution in [0.15, 0.2) is 77.6 Å². The summed E-state index contributed by atoms with van der Waals surface area (Å²) in [6, 6.07) is 21.4. The fourth-order valence-corrected chi connectivity index (χ4v) is 3.62. The number of benzene rings is 3. The number of rotatable bonds is 4. The van der Waals surface area contributed by atoms with Crippen molar-refractivity contribution in [3.8, 4) is 17.1 Å². The van der Waals surface area contributed by atoms with Crippen LogP contribution < -0.4 is 15.4 Å². The second-order valence-corrected chi connectivity index (χ2v) is 6.94. The lowest BCUT2D eigenvalue weighted by atomic mass is 10.2. The van der Waals surface area contributed by atoms with E-state index in [0.717, 1.165) is 16.7 Å². The lowest BCUT2D eigenvalue weighted by molar-refractivity contribution is -0.331. The van der Waals surface area contributed by atoms with Crippen LogP contribution in [-0.2, 0) is 6.54 Å². The number of nitrogens with zero attached hydrogens (tertiary/aromatic N) is 3. The minimum Gasteiger partial charge on any atom is -0.497 e. The second kappa shape index (κ2) is 7.11. The molecular weight excluding hydrogens is 383 g/mol. The standard InChI is InChI=1S/C23H17FN4O2/c1-30-17-12-10-15(11-13-17)21-25-22-18-7-3-5-9-20(18)27(23(29)28(22)26-21)14-16-6-2-4-8-19(16)24/h2-13H,14H2,1H3/p+1. The van der Waals surface area contributed by atoms with E-state index in [-0.39, 0.29) is 18.1 Å². The summed E-state index contributed by atoms with van der Waals surface area (Å²) >= 11 is 0. The third kappa shape index (κ3) is 2.91. The van der Waals surface area contributed by atoms with E-state index in [1.165, 1.54) is 10.6 Å². The molecule has 0 aliphatic rings. The zero-order valence-electron chi connectivity index (χ0n) is 16.2. The molecule has 5 aromatic rings. The lowest BCUT2D eigenvalue weighted by Crippen LogP contribution is -2.29. The van der Waals surface area contributed by atoms with Crippen molar-refractivity contribution in [3.63, 3.8) is 0 Å². The number of halogens is 1. The molecule has 0 radical (unpaired) electrons. The number of fused-ring (bicyclic) bond motifs is 3. The molecule has 2 heterocycles. The van der Waals surface area contributed by atoms with Crippen LogP contribution in [-0.4, -0.2) is 21.3 Å². The van der Waals surface area contributed by atoms with Crippen molar-refractivity contribution in [2.45, 2.75) is 6.54 Å². The number of methoxy groups -OCH3 is 1. The SMILES string of the molecule is COc1ccc(-c2nn3c(=O)n(Cc4ccccc4F)c4ccccc4c3[nH+]2)cc1. The number of ether oxygens (including phenoxy) is 1. The van der Waals surface area contributed by atoms with Gasteiger partial charge in [-0.1, -0.05) is 30.3 Å². The van der Waals surface area contributed by atoms with Crippen molar-refractivity contribution in [1.82, 2.24) is 14.2 Å². The maximum atomic E-state index is 14.3. The van der Waals surface area contributed by atoms with Crippen LogP contribution in [0.4, 0.5) is 4.39 Å². The van der Waals surface area contributed by atoms with Crippen LogP contribution in [0.25, 0.3) is 27.9 Å². The van der Waals surface area contributed by atoms with Crippen molar-refractivity contribution in [1.29, 1.82) is 0 Å². The molecule has 0 unspecified atom stereocenters. The Hall–Kier alpha value is -4.00. The van der Waals surface area contributed by atoms with Crippen molar-refractivity contribution in [2.75, 3.05) is 7.11 Å². The Balaban J connectivity index is 1.74. The molecule has 2 aromatic heterocycles. The second-order valence-electron chi connectivity index (χ2n) is 6.94. The molecule has 6 nitrogen and oxygen atoms in total. The Morgan fingerprint density at radius 2 is 1.73 bits per heavy atom. The highest BCUT2D eigenvalue weighted by Crippen LogP contribution is 2.21. The van der Waals surface area contributed by atoms with E-state index in [9.17, 15) is 9.18 Å². The maximum absolute atomic E-state index is 14.3. The summed E-state index contributed by atoms with van der Waals surface area (Å²) in [7, 11) is 1.61. The molecule has 0 saturated carbocycles. The topological polar surface area (TPSA) is 62.7 Å². The van der Waals surface area contributed by atoms with Gasteiger partial charge in [-0.3, -0.25) is 4.57 Å². The van der Waals surface area contributed by atoms with Crippen LogP contribution in [0.3, 0.4) is 0 Å². The first-order chi connectivity index (χ1) is 14.7. The van der Waals surface area contributed by atoms with Gasteiger partial charge in [0, 0.05) is 5.56 Å². The molecule has 0 spiro atoms. The normalized spacial score (nSPS) is 11.3. The van der Waals surface area contributed by atoms with Crippen LogP contribution in [0.1, 0.15) is 5.56 Å². The van der Waals surface area contributed by atoms with Gasteiger partial charge >= 0.3 is 11.5 Å². The van der Waals surface area contributed by atoms with Gasteiger partial charge in [-0.2, -0.15) is 0 Å². The van der Waals surface area contributed by atoms with Crippen molar-refractivity contribution in [2.24, 2.45) is 0 Å². The number of aromatic amines is 1. The summed E-state index contributed by atoms with van der Waals surface area (Å²) in [4.78, 5) is 16.6. The summed E-state index contributed by atoms with van der Waals surface area (Å²) < 4.78 is 22.3. The van der Waals surface area contributed by atoms with Crippen molar-refractivity contribution >= 4 is 16.6 Å². The Kier molecular flexibility index (Phi) is 4.28. The highest BCUT2D eigenvalue weighted by atomic mass is 19.1. The quantitative estimate of drug-likeness (QED) is 0.464. The van der Waals surface area contributed by atoms with Gasteiger partial charge in [-0.15, -0.1) is 0 Å². The van der Waals surface area contributed by atoms with E-state index >= 15 is 0 Å². The maximum Gasteiger partial charge on any atom is 0.423 e. The summed E-state index contributed by atoms with van der Waals surface area (Å²) in [6.07, 6.45) is 0. The minimum atomic E-state index is -0.348. The average Bonchev–Trinajstić information content (AvgIpc) is 3.24. The van der Waals surface area contributed by atoms with Gasteiger partial charge in [0.25, 0.3) is 5.65 Å². The number of hydrogen-bond donors (Lipinski definition) is 0. The molecule has 0 aliphatic carbocycles. The fraction of sp³-hybridized carbons (Fsp3) is 0.0870. The van der Waals surface area contributed by atoms with Gasteiger partial charge in [0.05, 0.1) is 35.2 Å². The van der Waals surface area contributed by atoms with E-state index < -0.39 is 0 Å². The molecule has 7 heteroatoms. The first-order valence-corrected chi connectivity index (χ1v) is 9.47. The number of nitrogens with one attached hydrogen (secondary N) is 1. The lowest BCUT2D eigenvalue weighted by Gasteiger charge is -2.09. The van der Waals surface area contributed by atoms with Crippen LogP contribution in [0.5, 0.6) is 5.75 Å². The van der Waals surface area contributed by atoms with Gasteiger partial charge in [0.2, 0.25) is 0 Å². The minimum absolute atomic E-state index is 0.111. The number of H-pyrrole nitrogens is 1. The number of aromatic nitrogens is 4. The first kappa shape index (κ1) is 18.1. The van der Waals surface area contributed by atoms with E-state index in [4.69, 9.17) is 4.74 Å². The summed E-state index contributed by atoms with van der Waals surface area (Å²) in [5.74, 6) is 0.947. The molecule has 30 heavy (non-hydrogen) atoms. The molecule has 148 valence electrons. The predicted molar refractivity (Wildman–Crippen MR) is 111 cm³/mol. The van der Waals surface area contributed by atoms with Gasteiger partial charge in [-0.25, -0.2) is 14.2 Å². The summed E-state index contributed by atoms with van der Waals surface area (Å²) in [5, 5.41) is 5.33. The molecule has 0 saturated heterocycles. The molecule has 0 fully saturated rings. The van der Waals surface area contributed by atoms with Crippen LogP contribution in [0.2, 0.25) is 0 Å². The largest absolute Gasteiger partial charge is 0.497 e. The zero-order valence-corrected chi connectivity index (χ0v) is 16.2. The summed E-state index contributed by atoms with van der Waals surface area (Å²) in [6.45, 7) is 0.111. The van der Waals surface area contributed by atoms with Crippen molar-refractivity contribution < 1.29 is 14.1 Å². The smallest absolute Gasteiger partial charge is 0.423 e. The Morgan fingerprint density at radius 3 is 2.50 bits per heavy atom. The molecule has 0 atom stereocenters. The zero-order chi connectivity index (χ0) is 20.7. The van der Waals surface area contributed by atoms with E-state index in [1.807, 2.05) is 48.5 Å². The first-order valence-electron chi connectivity index (χ1n) is 9.47. The average molecular weight is 401 g/mol. The molecule has 0 bridgehead atoms. The third-order valence-corrected chi connectivity index (χ3v) is 5.16. The van der Waals surface area contributed by atoms with E-state index in [2.05, 4.69) is 10.1 Å². The van der Waals surface area contributed by atoms with Gasteiger partial charge in [0.15, 0.2) is 0 Å². The van der Waals surface area contributed by atoms with Crippen LogP contribution in [0, 0.1) is 5.82 Å². The predicted octanol–water partition coefficient (Wildman–Crippen LogP) is 3.33. The highest BCUT2D eigenvalue weighted by molar-refractivity contribution is 5.90. The Morgan fingerprint density at radius 1 is 1.00 bits per heavy atom. The Bertz CT molecular complexity index is 1440. The molecular formula is C23H18FN4O2+. The monoisotopic (exact) mass is 401 g/mol. The molecule has 0 aliphatic heterocycles. The number of para-hydroxylation sites is 1. The Labute approximate surface area is 170 Å². The van der Waals surface area contributed by atoms with Gasteiger partial charge in [-0.05, 0) is 47.0 Å². The molecule has 3 aromatic carbocycles. The van der Waals surface area contributed by atoms with Crippen LogP contribution >= 0.6 is 0 Å². The highest BCUT2D eigenvalue weighted by Gasteiger charge is 2.23. The third-order valence-electron chi connectivity index (χ3n) is 5.16. The summed E-state index contributed by atoms with van der Waals surface area (Å²) in [5.41, 5.74) is 2.21. The molecule has 5 rings (SSSR count). The van der Waals surface area contributed by atoms with Gasteiger partial charge in [0.1, 0.15) is 11.6 Å². The van der Waals surface area contributed by atoms with Crippen molar-refractivity contribution in [3.05, 3.63) is 94.7 Å². The van der Waals surface area contributed by atoms with Gasteiger partial charge < -0.3 is 4.74 Å². The van der Waals surface area contributed by atoms with E-state index in [0.29, 0.717) is 22.6 Å². The molecule has 1 N–H and O–H groups in total. The molecule has 0 amide bonds. The fourth-order valence-electron chi connectivity index (χ4n) is 3.62. The number of hydrogen-bond acceptors (Lipinski definition) is 3. The van der Waals surface area contributed by atoms with E-state index in [1.54, 1.807) is 29.9 Å².